The Balaban J connectivity index is 1.54. The van der Waals surface area contributed by atoms with Crippen LogP contribution in [0.4, 0.5) is 0 Å². The minimum Gasteiger partial charge on any atom is -0.460 e. The van der Waals surface area contributed by atoms with E-state index in [2.05, 4.69) is 5.32 Å². The summed E-state index contributed by atoms with van der Waals surface area (Å²) in [7, 11) is 0. The lowest BCUT2D eigenvalue weighted by molar-refractivity contribution is -0.134. The molecule has 3 heterocycles. The van der Waals surface area contributed by atoms with Gasteiger partial charge in [0, 0.05) is 29.7 Å². The Morgan fingerprint density at radius 1 is 1.19 bits per heavy atom. The van der Waals surface area contributed by atoms with Crippen molar-refractivity contribution in [3.8, 4) is 0 Å². The topological polar surface area (TPSA) is 67.5 Å². The van der Waals surface area contributed by atoms with E-state index < -0.39 is 5.54 Å². The van der Waals surface area contributed by atoms with Crippen molar-refractivity contribution in [1.82, 2.24) is 14.8 Å². The number of hydrogen-bond donors (Lipinski definition) is 1. The highest BCUT2D eigenvalue weighted by Gasteiger charge is 2.48. The van der Waals surface area contributed by atoms with E-state index in [1.54, 1.807) is 11.0 Å². The minimum absolute atomic E-state index is 0.0977. The maximum atomic E-state index is 13.7. The van der Waals surface area contributed by atoms with Gasteiger partial charge in [-0.2, -0.15) is 0 Å². The van der Waals surface area contributed by atoms with Crippen LogP contribution in [-0.4, -0.2) is 32.9 Å². The first-order chi connectivity index (χ1) is 15.3. The number of carbonyl (C=O) groups is 2. The van der Waals surface area contributed by atoms with E-state index in [1.807, 2.05) is 48.7 Å². The number of amides is 2. The molecule has 1 aliphatic carbocycles. The van der Waals surface area contributed by atoms with Gasteiger partial charge in [-0.25, -0.2) is 0 Å². The van der Waals surface area contributed by atoms with E-state index in [0.29, 0.717) is 29.4 Å². The Kier molecular flexibility index (Phi) is 5.28. The fourth-order valence-electron chi connectivity index (χ4n) is 5.07. The van der Waals surface area contributed by atoms with Gasteiger partial charge >= 0.3 is 0 Å². The highest BCUT2D eigenvalue weighted by Crippen LogP contribution is 2.35. The van der Waals surface area contributed by atoms with Crippen molar-refractivity contribution < 1.29 is 14.0 Å². The van der Waals surface area contributed by atoms with Crippen LogP contribution in [-0.2, 0) is 17.9 Å². The molecule has 1 aliphatic heterocycles. The third-order valence-electron chi connectivity index (χ3n) is 6.92. The number of carbonyl (C=O) groups excluding carboxylic acids is 2. The van der Waals surface area contributed by atoms with Crippen LogP contribution in [0.1, 0.15) is 60.8 Å². The fourth-order valence-corrected chi connectivity index (χ4v) is 5.20. The second kappa shape index (κ2) is 8.00. The summed E-state index contributed by atoms with van der Waals surface area (Å²) >= 11 is 6.05. The van der Waals surface area contributed by atoms with Crippen LogP contribution in [0.25, 0.3) is 11.1 Å². The number of halogens is 1. The Bertz CT molecular complexity index is 1170. The Morgan fingerprint density at radius 2 is 1.91 bits per heavy atom. The molecule has 3 aromatic rings. The lowest BCUT2D eigenvalue weighted by Crippen LogP contribution is -2.64. The van der Waals surface area contributed by atoms with Gasteiger partial charge in [-0.1, -0.05) is 43.0 Å². The van der Waals surface area contributed by atoms with Crippen molar-refractivity contribution in [3.05, 3.63) is 58.4 Å². The average Bonchev–Trinajstić information content (AvgIpc) is 3.30. The quantitative estimate of drug-likeness (QED) is 0.600. The first-order valence-electron chi connectivity index (χ1n) is 11.3. The standard InChI is InChI=1S/C25H28ClN3O3/c1-16-12-20-22(32-16)13-21-23(30)29(14-17-8-10-18(26)11-9-17)25(2,15-28(20)21)24(31)27-19-6-4-3-5-7-19/h8-13,19H,3-7,14-15H2,1-2H3,(H,27,31)/t25-/m0/s1. The maximum Gasteiger partial charge on any atom is 0.271 e. The summed E-state index contributed by atoms with van der Waals surface area (Å²) in [4.78, 5) is 29.1. The number of furan rings is 1. The van der Waals surface area contributed by atoms with Gasteiger partial charge in [0.1, 0.15) is 17.0 Å². The Labute approximate surface area is 192 Å². The van der Waals surface area contributed by atoms with Gasteiger partial charge in [0.25, 0.3) is 5.91 Å². The zero-order valence-corrected chi connectivity index (χ0v) is 19.2. The van der Waals surface area contributed by atoms with E-state index in [1.165, 1.54) is 6.42 Å². The molecule has 32 heavy (non-hydrogen) atoms. The maximum absolute atomic E-state index is 13.7. The van der Waals surface area contributed by atoms with Gasteiger partial charge < -0.3 is 19.2 Å². The molecule has 1 saturated carbocycles. The number of fused-ring (bicyclic) bond motifs is 3. The van der Waals surface area contributed by atoms with Crippen LogP contribution in [0, 0.1) is 6.92 Å². The van der Waals surface area contributed by atoms with Crippen LogP contribution in [0.5, 0.6) is 0 Å². The summed E-state index contributed by atoms with van der Waals surface area (Å²) in [5.74, 6) is 0.519. The molecule has 6 nitrogen and oxygen atoms in total. The van der Waals surface area contributed by atoms with Gasteiger partial charge in [-0.3, -0.25) is 9.59 Å². The molecule has 2 aromatic heterocycles. The third kappa shape index (κ3) is 3.60. The van der Waals surface area contributed by atoms with Gasteiger partial charge in [0.15, 0.2) is 5.58 Å². The minimum atomic E-state index is -1.03. The molecule has 5 rings (SSSR count). The first-order valence-corrected chi connectivity index (χ1v) is 11.7. The van der Waals surface area contributed by atoms with Gasteiger partial charge in [-0.15, -0.1) is 0 Å². The van der Waals surface area contributed by atoms with E-state index in [0.717, 1.165) is 42.5 Å². The molecule has 0 radical (unpaired) electrons. The lowest BCUT2D eigenvalue weighted by atomic mass is 9.91. The number of benzene rings is 1. The second-order valence-corrected chi connectivity index (χ2v) is 9.76. The summed E-state index contributed by atoms with van der Waals surface area (Å²) in [6.07, 6.45) is 5.46. The number of hydrogen-bond acceptors (Lipinski definition) is 3. The molecule has 2 aliphatic rings. The predicted octanol–water partition coefficient (Wildman–Crippen LogP) is 5.06. The molecular weight excluding hydrogens is 426 g/mol. The van der Waals surface area contributed by atoms with E-state index >= 15 is 0 Å². The molecule has 0 bridgehead atoms. The summed E-state index contributed by atoms with van der Waals surface area (Å²) in [5, 5.41) is 3.90. The first kappa shape index (κ1) is 21.1. The molecule has 1 fully saturated rings. The van der Waals surface area contributed by atoms with Crippen LogP contribution in [0.2, 0.25) is 5.02 Å². The van der Waals surface area contributed by atoms with Crippen molar-refractivity contribution >= 4 is 34.5 Å². The Morgan fingerprint density at radius 3 is 2.62 bits per heavy atom. The number of rotatable bonds is 4. The average molecular weight is 454 g/mol. The summed E-state index contributed by atoms with van der Waals surface area (Å²) in [5.41, 5.74) is 1.98. The molecular formula is C25H28ClN3O3. The number of aromatic nitrogens is 1. The van der Waals surface area contributed by atoms with Gasteiger partial charge in [-0.05, 0) is 44.4 Å². The van der Waals surface area contributed by atoms with Crippen molar-refractivity contribution in [2.24, 2.45) is 0 Å². The van der Waals surface area contributed by atoms with Gasteiger partial charge in [0.2, 0.25) is 5.91 Å². The highest BCUT2D eigenvalue weighted by molar-refractivity contribution is 6.30. The van der Waals surface area contributed by atoms with Gasteiger partial charge in [0.05, 0.1) is 12.1 Å². The molecule has 7 heteroatoms. The van der Waals surface area contributed by atoms with Crippen molar-refractivity contribution in [2.75, 3.05) is 0 Å². The molecule has 168 valence electrons. The molecule has 1 atom stereocenters. The predicted molar refractivity (Wildman–Crippen MR) is 124 cm³/mol. The highest BCUT2D eigenvalue weighted by atomic mass is 35.5. The summed E-state index contributed by atoms with van der Waals surface area (Å²) < 4.78 is 7.72. The normalized spacial score (nSPS) is 21.7. The SMILES string of the molecule is Cc1cc2c(cc3n2C[C@@](C)(C(=O)NC2CCCCC2)N(Cc2ccc(Cl)cc2)C3=O)o1. The van der Waals surface area contributed by atoms with Crippen LogP contribution >= 0.6 is 11.6 Å². The van der Waals surface area contributed by atoms with Crippen molar-refractivity contribution in [3.63, 3.8) is 0 Å². The number of nitrogens with zero attached hydrogens (tertiary/aromatic N) is 2. The number of nitrogens with one attached hydrogen (secondary N) is 1. The van der Waals surface area contributed by atoms with E-state index in [-0.39, 0.29) is 17.9 Å². The van der Waals surface area contributed by atoms with Crippen LogP contribution < -0.4 is 5.32 Å². The molecule has 0 spiro atoms. The zero-order valence-electron chi connectivity index (χ0n) is 18.5. The summed E-state index contributed by atoms with van der Waals surface area (Å²) in [6.45, 7) is 4.47. The Hall–Kier alpha value is -2.73. The van der Waals surface area contributed by atoms with Crippen molar-refractivity contribution in [1.29, 1.82) is 0 Å². The van der Waals surface area contributed by atoms with E-state index in [9.17, 15) is 9.59 Å². The third-order valence-corrected chi connectivity index (χ3v) is 7.17. The molecule has 0 unspecified atom stereocenters. The largest absolute Gasteiger partial charge is 0.460 e. The number of aryl methyl sites for hydroxylation is 1. The van der Waals surface area contributed by atoms with Crippen LogP contribution in [0.3, 0.4) is 0 Å². The van der Waals surface area contributed by atoms with Crippen LogP contribution in [0.15, 0.2) is 40.8 Å². The molecule has 0 saturated heterocycles. The second-order valence-electron chi connectivity index (χ2n) is 9.32. The smallest absolute Gasteiger partial charge is 0.271 e. The monoisotopic (exact) mass is 453 g/mol. The summed E-state index contributed by atoms with van der Waals surface area (Å²) in [6, 6.07) is 11.3. The van der Waals surface area contributed by atoms with Crippen molar-refractivity contribution in [2.45, 2.75) is 70.6 Å². The van der Waals surface area contributed by atoms with E-state index in [4.69, 9.17) is 16.0 Å². The zero-order chi connectivity index (χ0) is 22.5. The molecule has 2 amide bonds. The lowest BCUT2D eigenvalue weighted by Gasteiger charge is -2.44. The molecule has 1 aromatic carbocycles. The fraction of sp³-hybridized carbons (Fsp3) is 0.440. The molecule has 1 N–H and O–H groups in total.